The summed E-state index contributed by atoms with van der Waals surface area (Å²) < 4.78 is 6.68. The van der Waals surface area contributed by atoms with Crippen LogP contribution in [0.5, 0.6) is 0 Å². The van der Waals surface area contributed by atoms with Crippen LogP contribution in [0.1, 0.15) is 5.56 Å². The number of pyridine rings is 2. The van der Waals surface area contributed by atoms with Crippen molar-refractivity contribution in [3.8, 4) is 50.6 Å². The number of benzene rings is 4. The predicted molar refractivity (Wildman–Crippen MR) is 156 cm³/mol. The third kappa shape index (κ3) is 3.94. The Hall–Kier alpha value is -5.53. The summed E-state index contributed by atoms with van der Waals surface area (Å²) in [4.78, 5) is 8.69. The van der Waals surface area contributed by atoms with Gasteiger partial charge in [0, 0.05) is 63.4 Å². The lowest BCUT2D eigenvalue weighted by atomic mass is 9.93. The molecule has 0 fully saturated rings. The third-order valence-corrected chi connectivity index (χ3v) is 7.10. The molecule has 0 saturated heterocycles. The van der Waals surface area contributed by atoms with Gasteiger partial charge in [-0.2, -0.15) is 5.26 Å². The van der Waals surface area contributed by atoms with Gasteiger partial charge in [0.25, 0.3) is 0 Å². The van der Waals surface area contributed by atoms with Gasteiger partial charge in [0.2, 0.25) is 0 Å². The molecule has 0 aliphatic heterocycles. The van der Waals surface area contributed by atoms with E-state index in [0.29, 0.717) is 5.56 Å². The summed E-state index contributed by atoms with van der Waals surface area (Å²) >= 11 is 0. The van der Waals surface area contributed by atoms with Gasteiger partial charge in [0.15, 0.2) is 0 Å². The first-order chi connectivity index (χ1) is 19.3. The highest BCUT2D eigenvalue weighted by molar-refractivity contribution is 6.13. The second-order valence-corrected chi connectivity index (χ2v) is 9.41. The Morgan fingerprint density at radius 3 is 1.69 bits per heavy atom. The average Bonchev–Trinajstić information content (AvgIpc) is 3.41. The van der Waals surface area contributed by atoms with Crippen molar-refractivity contribution in [3.63, 3.8) is 0 Å². The van der Waals surface area contributed by atoms with Crippen LogP contribution in [0.4, 0.5) is 0 Å². The summed E-state index contributed by atoms with van der Waals surface area (Å²) in [5, 5.41) is 11.8. The van der Waals surface area contributed by atoms with Gasteiger partial charge < -0.3 is 4.42 Å². The first-order valence-corrected chi connectivity index (χ1v) is 12.7. The SMILES string of the molecule is N#Cc1ccccc1-c1cccc2c1oc1c(-c3cc(-c4cccnc4)cc(-c4cccnc4)c3)cccc12. The molecule has 0 bridgehead atoms. The maximum absolute atomic E-state index is 9.73. The fourth-order valence-corrected chi connectivity index (χ4v) is 5.26. The highest BCUT2D eigenvalue weighted by atomic mass is 16.3. The van der Waals surface area contributed by atoms with Crippen LogP contribution in [-0.2, 0) is 0 Å². The molecule has 3 heterocycles. The van der Waals surface area contributed by atoms with Crippen molar-refractivity contribution >= 4 is 21.9 Å². The van der Waals surface area contributed by atoms with E-state index in [0.717, 1.165) is 66.4 Å². The zero-order valence-corrected chi connectivity index (χ0v) is 20.9. The first-order valence-electron chi connectivity index (χ1n) is 12.7. The number of nitrogens with zero attached hydrogens (tertiary/aromatic N) is 3. The zero-order chi connectivity index (χ0) is 26.2. The average molecular weight is 500 g/mol. The van der Waals surface area contributed by atoms with Crippen molar-refractivity contribution in [2.24, 2.45) is 0 Å². The molecular weight excluding hydrogens is 478 g/mol. The van der Waals surface area contributed by atoms with Crippen LogP contribution in [-0.4, -0.2) is 9.97 Å². The van der Waals surface area contributed by atoms with E-state index in [-0.39, 0.29) is 0 Å². The van der Waals surface area contributed by atoms with Gasteiger partial charge in [-0.05, 0) is 53.1 Å². The molecule has 39 heavy (non-hydrogen) atoms. The molecule has 0 amide bonds. The van der Waals surface area contributed by atoms with E-state index in [4.69, 9.17) is 4.42 Å². The highest BCUT2D eigenvalue weighted by Gasteiger charge is 2.18. The normalized spacial score (nSPS) is 11.1. The molecule has 7 rings (SSSR count). The lowest BCUT2D eigenvalue weighted by Crippen LogP contribution is -1.87. The van der Waals surface area contributed by atoms with Crippen molar-refractivity contribution in [2.45, 2.75) is 0 Å². The van der Waals surface area contributed by atoms with Crippen molar-refractivity contribution in [1.29, 1.82) is 5.26 Å². The zero-order valence-electron chi connectivity index (χ0n) is 20.9. The summed E-state index contributed by atoms with van der Waals surface area (Å²) in [6, 6.07) is 36.9. The van der Waals surface area contributed by atoms with Gasteiger partial charge in [-0.3, -0.25) is 9.97 Å². The Balaban J connectivity index is 1.49. The number of fused-ring (bicyclic) bond motifs is 3. The number of para-hydroxylation sites is 2. The standard InChI is InChI=1S/C35H21N3O/c36-20-23-7-1-2-10-29(23)31-12-4-14-33-32-13-3-11-30(34(32)39-35(31)33)28-18-26(24-8-5-15-37-21-24)17-27(19-28)25-9-6-16-38-22-25/h1-19,21-22H. The van der Waals surface area contributed by atoms with Crippen LogP contribution < -0.4 is 0 Å². The molecule has 4 aromatic carbocycles. The maximum Gasteiger partial charge on any atom is 0.143 e. The monoisotopic (exact) mass is 499 g/mol. The van der Waals surface area contributed by atoms with Gasteiger partial charge in [-0.1, -0.05) is 66.7 Å². The van der Waals surface area contributed by atoms with Crippen molar-refractivity contribution in [3.05, 3.63) is 133 Å². The van der Waals surface area contributed by atoms with Crippen LogP contribution in [0.15, 0.2) is 132 Å². The van der Waals surface area contributed by atoms with Crippen LogP contribution in [0.3, 0.4) is 0 Å². The number of aromatic nitrogens is 2. The Labute approximate surface area is 225 Å². The van der Waals surface area contributed by atoms with Crippen molar-refractivity contribution < 1.29 is 4.42 Å². The minimum Gasteiger partial charge on any atom is -0.455 e. The predicted octanol–water partition coefficient (Wildman–Crippen LogP) is 8.92. The first kappa shape index (κ1) is 22.7. The maximum atomic E-state index is 9.73. The quantitative estimate of drug-likeness (QED) is 0.242. The Bertz CT molecular complexity index is 1960. The summed E-state index contributed by atoms with van der Waals surface area (Å²) in [6.07, 6.45) is 7.33. The Morgan fingerprint density at radius 2 is 1.08 bits per heavy atom. The molecule has 0 aliphatic carbocycles. The lowest BCUT2D eigenvalue weighted by molar-refractivity contribution is 0.671. The van der Waals surface area contributed by atoms with Crippen LogP contribution >= 0.6 is 0 Å². The van der Waals surface area contributed by atoms with E-state index in [1.54, 1.807) is 12.4 Å². The summed E-state index contributed by atoms with van der Waals surface area (Å²) in [7, 11) is 0. The van der Waals surface area contributed by atoms with Gasteiger partial charge in [0.05, 0.1) is 11.6 Å². The van der Waals surface area contributed by atoms with Gasteiger partial charge in [-0.25, -0.2) is 0 Å². The number of hydrogen-bond donors (Lipinski definition) is 0. The lowest BCUT2D eigenvalue weighted by Gasteiger charge is -2.11. The molecule has 0 unspecified atom stereocenters. The van der Waals surface area contributed by atoms with E-state index in [2.05, 4.69) is 70.6 Å². The van der Waals surface area contributed by atoms with Crippen LogP contribution in [0.25, 0.3) is 66.4 Å². The van der Waals surface area contributed by atoms with Gasteiger partial charge >= 0.3 is 0 Å². The van der Waals surface area contributed by atoms with Crippen LogP contribution in [0.2, 0.25) is 0 Å². The smallest absolute Gasteiger partial charge is 0.143 e. The second kappa shape index (κ2) is 9.41. The van der Waals surface area contributed by atoms with E-state index >= 15 is 0 Å². The number of furan rings is 1. The van der Waals surface area contributed by atoms with Gasteiger partial charge in [0.1, 0.15) is 11.2 Å². The molecule has 0 spiro atoms. The minimum atomic E-state index is 0.621. The molecular formula is C35H21N3O. The Kier molecular flexibility index (Phi) is 5.46. The number of hydrogen-bond acceptors (Lipinski definition) is 4. The molecule has 182 valence electrons. The number of rotatable bonds is 4. The van der Waals surface area contributed by atoms with Gasteiger partial charge in [-0.15, -0.1) is 0 Å². The Morgan fingerprint density at radius 1 is 0.513 bits per heavy atom. The van der Waals surface area contributed by atoms with E-state index in [1.807, 2.05) is 60.9 Å². The van der Waals surface area contributed by atoms with Crippen molar-refractivity contribution in [1.82, 2.24) is 9.97 Å². The topological polar surface area (TPSA) is 62.7 Å². The minimum absolute atomic E-state index is 0.621. The molecule has 7 aromatic rings. The summed E-state index contributed by atoms with van der Waals surface area (Å²) in [6.45, 7) is 0. The van der Waals surface area contributed by atoms with Crippen molar-refractivity contribution in [2.75, 3.05) is 0 Å². The molecule has 0 aliphatic rings. The molecule has 0 atom stereocenters. The summed E-state index contributed by atoms with van der Waals surface area (Å²) in [5.74, 6) is 0. The molecule has 4 nitrogen and oxygen atoms in total. The van der Waals surface area contributed by atoms with Crippen LogP contribution in [0, 0.1) is 11.3 Å². The fraction of sp³-hybridized carbons (Fsp3) is 0. The molecule has 4 heteroatoms. The van der Waals surface area contributed by atoms with E-state index in [1.165, 1.54) is 0 Å². The fourth-order valence-electron chi connectivity index (χ4n) is 5.26. The number of nitriles is 1. The highest BCUT2D eigenvalue weighted by Crippen LogP contribution is 2.42. The van der Waals surface area contributed by atoms with E-state index in [9.17, 15) is 5.26 Å². The largest absolute Gasteiger partial charge is 0.455 e. The summed E-state index contributed by atoms with van der Waals surface area (Å²) in [5.41, 5.74) is 10.2. The third-order valence-electron chi connectivity index (χ3n) is 7.10. The van der Waals surface area contributed by atoms with E-state index < -0.39 is 0 Å². The molecule has 3 aromatic heterocycles. The molecule has 0 N–H and O–H groups in total. The molecule has 0 saturated carbocycles. The molecule has 0 radical (unpaired) electrons. The second-order valence-electron chi connectivity index (χ2n) is 9.41.